The molecule has 0 saturated carbocycles. The third kappa shape index (κ3) is 6.82. The monoisotopic (exact) mass is 389 g/mol. The van der Waals surface area contributed by atoms with Crippen LogP contribution in [-0.2, 0) is 27.2 Å². The van der Waals surface area contributed by atoms with Gasteiger partial charge in [0, 0.05) is 17.8 Å². The van der Waals surface area contributed by atoms with E-state index in [0.717, 1.165) is 5.56 Å². The highest BCUT2D eigenvalue weighted by Crippen LogP contribution is 2.17. The molecule has 7 nitrogen and oxygen atoms in total. The third-order valence-corrected chi connectivity index (χ3v) is 4.64. The molecule has 1 aromatic heterocycles. The van der Waals surface area contributed by atoms with Crippen LogP contribution in [0.5, 0.6) is 0 Å². The smallest absolute Gasteiger partial charge is 0.323 e. The van der Waals surface area contributed by atoms with Crippen molar-refractivity contribution in [2.24, 2.45) is 5.92 Å². The Morgan fingerprint density at radius 1 is 1.22 bits per heavy atom. The van der Waals surface area contributed by atoms with Crippen molar-refractivity contribution in [1.29, 1.82) is 0 Å². The molecule has 1 aromatic carbocycles. The van der Waals surface area contributed by atoms with Gasteiger partial charge in [-0.25, -0.2) is 4.98 Å². The second-order valence-electron chi connectivity index (χ2n) is 6.41. The lowest BCUT2D eigenvalue weighted by atomic mass is 10.1. The van der Waals surface area contributed by atoms with E-state index in [4.69, 9.17) is 5.11 Å². The lowest BCUT2D eigenvalue weighted by Crippen LogP contribution is -2.38. The number of hydrogen-bond donors (Lipinski definition) is 2. The number of carboxylic acids is 1. The lowest BCUT2D eigenvalue weighted by molar-refractivity contribution is -0.144. The Labute approximate surface area is 162 Å². The molecule has 0 aliphatic heterocycles. The lowest BCUT2D eigenvalue weighted by Gasteiger charge is -2.20. The van der Waals surface area contributed by atoms with Crippen LogP contribution >= 0.6 is 11.3 Å². The van der Waals surface area contributed by atoms with Gasteiger partial charge in [0.05, 0.1) is 12.1 Å². The highest BCUT2D eigenvalue weighted by atomic mass is 32.1. The van der Waals surface area contributed by atoms with Gasteiger partial charge in [0.25, 0.3) is 0 Å². The topological polar surface area (TPSA) is 99.6 Å². The number of amides is 2. The number of hydrogen-bond acceptors (Lipinski definition) is 5. The van der Waals surface area contributed by atoms with Crippen molar-refractivity contribution in [3.05, 3.63) is 47.0 Å². The number of nitrogens with one attached hydrogen (secondary N) is 1. The van der Waals surface area contributed by atoms with Gasteiger partial charge in [0.15, 0.2) is 5.13 Å². The number of aliphatic carboxylic acids is 1. The van der Waals surface area contributed by atoms with Crippen LogP contribution in [0.25, 0.3) is 0 Å². The van der Waals surface area contributed by atoms with Crippen molar-refractivity contribution in [3.8, 4) is 0 Å². The maximum Gasteiger partial charge on any atom is 0.323 e. The summed E-state index contributed by atoms with van der Waals surface area (Å²) in [5, 5.41) is 13.9. The summed E-state index contributed by atoms with van der Waals surface area (Å²) >= 11 is 1.24. The van der Waals surface area contributed by atoms with Crippen molar-refractivity contribution in [2.75, 3.05) is 18.4 Å². The van der Waals surface area contributed by atoms with E-state index in [1.54, 1.807) is 19.2 Å². The van der Waals surface area contributed by atoms with Crippen LogP contribution in [0.15, 0.2) is 35.7 Å². The van der Waals surface area contributed by atoms with Gasteiger partial charge in [-0.15, -0.1) is 11.3 Å². The molecule has 0 saturated heterocycles. The standard InChI is InChI=1S/C19H23N3O4S/c1-13(2)18(26)21-19-20-15(12-27-19)10-16(23)22(11-17(24)25)9-8-14-6-4-3-5-7-14/h3-7,12-13H,8-11H2,1-2H3,(H,24,25)(H,20,21,26). The Morgan fingerprint density at radius 3 is 2.56 bits per heavy atom. The number of thiazole rings is 1. The summed E-state index contributed by atoms with van der Waals surface area (Å²) in [6.07, 6.45) is 0.572. The summed E-state index contributed by atoms with van der Waals surface area (Å²) in [7, 11) is 0. The first kappa shape index (κ1) is 20.6. The quantitative estimate of drug-likeness (QED) is 0.686. The number of carboxylic acid groups (broad SMARTS) is 1. The van der Waals surface area contributed by atoms with Crippen LogP contribution in [0, 0.1) is 5.92 Å². The van der Waals surface area contributed by atoms with E-state index in [1.165, 1.54) is 16.2 Å². The molecule has 27 heavy (non-hydrogen) atoms. The van der Waals surface area contributed by atoms with Crippen LogP contribution in [-0.4, -0.2) is 45.9 Å². The van der Waals surface area contributed by atoms with Crippen LogP contribution < -0.4 is 5.32 Å². The maximum atomic E-state index is 12.5. The Hall–Kier alpha value is -2.74. The Bertz CT molecular complexity index is 789. The molecule has 2 amide bonds. The van der Waals surface area contributed by atoms with Gasteiger partial charge in [-0.2, -0.15) is 0 Å². The number of anilines is 1. The molecule has 0 aliphatic rings. The molecule has 0 fully saturated rings. The molecule has 0 spiro atoms. The first-order valence-corrected chi connectivity index (χ1v) is 9.52. The molecule has 2 aromatic rings. The molecule has 2 N–H and O–H groups in total. The fourth-order valence-electron chi connectivity index (χ4n) is 2.33. The van der Waals surface area contributed by atoms with Gasteiger partial charge in [0.2, 0.25) is 11.8 Å². The number of nitrogens with zero attached hydrogens (tertiary/aromatic N) is 2. The van der Waals surface area contributed by atoms with Crippen LogP contribution in [0.4, 0.5) is 5.13 Å². The average molecular weight is 389 g/mol. The van der Waals surface area contributed by atoms with E-state index in [2.05, 4.69) is 10.3 Å². The number of rotatable bonds is 9. The van der Waals surface area contributed by atoms with Gasteiger partial charge in [-0.1, -0.05) is 44.2 Å². The predicted octanol–water partition coefficient (Wildman–Crippen LogP) is 2.44. The minimum atomic E-state index is -1.06. The summed E-state index contributed by atoms with van der Waals surface area (Å²) in [6, 6.07) is 9.59. The Morgan fingerprint density at radius 2 is 1.93 bits per heavy atom. The van der Waals surface area contributed by atoms with Crippen LogP contribution in [0.1, 0.15) is 25.1 Å². The van der Waals surface area contributed by atoms with E-state index in [0.29, 0.717) is 23.8 Å². The number of benzene rings is 1. The molecular weight excluding hydrogens is 366 g/mol. The van der Waals surface area contributed by atoms with Crippen molar-refractivity contribution in [2.45, 2.75) is 26.7 Å². The van der Waals surface area contributed by atoms with E-state index in [1.807, 2.05) is 30.3 Å². The van der Waals surface area contributed by atoms with E-state index in [9.17, 15) is 14.4 Å². The average Bonchev–Trinajstić information content (AvgIpc) is 3.05. The zero-order valence-corrected chi connectivity index (χ0v) is 16.2. The number of carbonyl (C=O) groups is 3. The van der Waals surface area contributed by atoms with E-state index >= 15 is 0 Å². The zero-order valence-electron chi connectivity index (χ0n) is 15.3. The van der Waals surface area contributed by atoms with Gasteiger partial charge in [-0.05, 0) is 12.0 Å². The van der Waals surface area contributed by atoms with Crippen molar-refractivity contribution in [3.63, 3.8) is 0 Å². The van der Waals surface area contributed by atoms with Gasteiger partial charge >= 0.3 is 5.97 Å². The first-order valence-electron chi connectivity index (χ1n) is 8.64. The number of carbonyl (C=O) groups excluding carboxylic acids is 2. The molecule has 1 heterocycles. The van der Waals surface area contributed by atoms with Crippen molar-refractivity contribution < 1.29 is 19.5 Å². The molecule has 144 valence electrons. The fraction of sp³-hybridized carbons (Fsp3) is 0.368. The summed E-state index contributed by atoms with van der Waals surface area (Å²) in [4.78, 5) is 40.9. The first-order chi connectivity index (χ1) is 12.8. The van der Waals surface area contributed by atoms with E-state index in [-0.39, 0.29) is 30.7 Å². The summed E-state index contributed by atoms with van der Waals surface area (Å²) in [5.41, 5.74) is 1.55. The summed E-state index contributed by atoms with van der Waals surface area (Å²) in [6.45, 7) is 3.52. The largest absolute Gasteiger partial charge is 0.480 e. The van der Waals surface area contributed by atoms with Crippen molar-refractivity contribution in [1.82, 2.24) is 9.88 Å². The zero-order chi connectivity index (χ0) is 19.8. The fourth-order valence-corrected chi connectivity index (χ4v) is 3.04. The molecule has 0 bridgehead atoms. The van der Waals surface area contributed by atoms with Gasteiger partial charge in [-0.3, -0.25) is 14.4 Å². The summed E-state index contributed by atoms with van der Waals surface area (Å²) < 4.78 is 0. The molecule has 0 atom stereocenters. The second-order valence-corrected chi connectivity index (χ2v) is 7.27. The Balaban J connectivity index is 1.97. The molecule has 8 heteroatoms. The van der Waals surface area contributed by atoms with E-state index < -0.39 is 5.97 Å². The molecule has 0 aliphatic carbocycles. The highest BCUT2D eigenvalue weighted by molar-refractivity contribution is 7.13. The van der Waals surface area contributed by atoms with Crippen LogP contribution in [0.2, 0.25) is 0 Å². The van der Waals surface area contributed by atoms with Gasteiger partial charge < -0.3 is 15.3 Å². The Kier molecular flexibility index (Phi) is 7.48. The third-order valence-electron chi connectivity index (χ3n) is 3.83. The molecular formula is C19H23N3O4S. The molecule has 0 radical (unpaired) electrons. The number of aromatic nitrogens is 1. The minimum absolute atomic E-state index is 0.00385. The SMILES string of the molecule is CC(C)C(=O)Nc1nc(CC(=O)N(CCc2ccccc2)CC(=O)O)cs1. The second kappa shape index (κ2) is 9.82. The maximum absolute atomic E-state index is 12.5. The molecule has 2 rings (SSSR count). The minimum Gasteiger partial charge on any atom is -0.480 e. The van der Waals surface area contributed by atoms with Crippen molar-refractivity contribution >= 4 is 34.3 Å². The van der Waals surface area contributed by atoms with Crippen LogP contribution in [0.3, 0.4) is 0 Å². The van der Waals surface area contributed by atoms with Gasteiger partial charge in [0.1, 0.15) is 6.54 Å². The highest BCUT2D eigenvalue weighted by Gasteiger charge is 2.19. The summed E-state index contributed by atoms with van der Waals surface area (Å²) in [5.74, 6) is -1.67. The molecule has 0 unspecified atom stereocenters. The normalized spacial score (nSPS) is 10.6. The predicted molar refractivity (Wildman–Crippen MR) is 104 cm³/mol.